The van der Waals surface area contributed by atoms with Gasteiger partial charge in [-0.2, -0.15) is 0 Å². The van der Waals surface area contributed by atoms with Crippen molar-refractivity contribution in [2.24, 2.45) is 0 Å². The molecule has 2 saturated carbocycles. The average Bonchev–Trinajstić information content (AvgIpc) is 3.01. The third-order valence-electron chi connectivity index (χ3n) is 4.38. The molecule has 2 heteroatoms. The van der Waals surface area contributed by atoms with Crippen LogP contribution >= 0.6 is 0 Å². The largest absolute Gasteiger partial charge is 0.314 e. The second kappa shape index (κ2) is 7.38. The summed E-state index contributed by atoms with van der Waals surface area (Å²) in [6, 6.07) is 1.81. The molecule has 0 aliphatic heterocycles. The van der Waals surface area contributed by atoms with E-state index in [2.05, 4.69) is 17.1 Å². The van der Waals surface area contributed by atoms with Crippen molar-refractivity contribution in [3.63, 3.8) is 0 Å². The Morgan fingerprint density at radius 1 is 1.00 bits per heavy atom. The summed E-state index contributed by atoms with van der Waals surface area (Å²) in [5, 5.41) is 3.60. The normalized spacial score (nSPS) is 21.5. The number of hydrogen-bond donors (Lipinski definition) is 1. The van der Waals surface area contributed by atoms with Crippen LogP contribution in [0.3, 0.4) is 0 Å². The van der Waals surface area contributed by atoms with Gasteiger partial charge in [-0.25, -0.2) is 0 Å². The highest BCUT2D eigenvalue weighted by atomic mass is 15.1. The molecule has 0 aromatic rings. The van der Waals surface area contributed by atoms with Crippen molar-refractivity contribution >= 4 is 0 Å². The predicted molar refractivity (Wildman–Crippen MR) is 74.4 cm³/mol. The van der Waals surface area contributed by atoms with Gasteiger partial charge in [0.05, 0.1) is 0 Å². The van der Waals surface area contributed by atoms with Crippen molar-refractivity contribution in [2.75, 3.05) is 19.6 Å². The Hall–Kier alpha value is -0.0800. The first-order chi connectivity index (χ1) is 8.40. The van der Waals surface area contributed by atoms with Gasteiger partial charge >= 0.3 is 0 Å². The lowest BCUT2D eigenvalue weighted by atomic mass is 10.1. The van der Waals surface area contributed by atoms with Gasteiger partial charge in [0.15, 0.2) is 0 Å². The maximum absolute atomic E-state index is 3.60. The summed E-state index contributed by atoms with van der Waals surface area (Å²) in [7, 11) is 0. The van der Waals surface area contributed by atoms with Gasteiger partial charge in [-0.3, -0.25) is 0 Å². The van der Waals surface area contributed by atoms with E-state index < -0.39 is 0 Å². The summed E-state index contributed by atoms with van der Waals surface area (Å²) in [5.41, 5.74) is 0. The van der Waals surface area contributed by atoms with Crippen LogP contribution in [0.25, 0.3) is 0 Å². The predicted octanol–water partition coefficient (Wildman–Crippen LogP) is 3.17. The highest BCUT2D eigenvalue weighted by Gasteiger charge is 2.21. The van der Waals surface area contributed by atoms with E-state index in [9.17, 15) is 0 Å². The van der Waals surface area contributed by atoms with Gasteiger partial charge in [0.1, 0.15) is 0 Å². The lowest BCUT2D eigenvalue weighted by Gasteiger charge is -2.27. The minimum absolute atomic E-state index is 0.889. The molecule has 0 aromatic heterocycles. The SMILES string of the molecule is CCN(CCCCCNC1CC1)C1CCCC1. The topological polar surface area (TPSA) is 15.3 Å². The quantitative estimate of drug-likeness (QED) is 0.621. The van der Waals surface area contributed by atoms with Crippen molar-refractivity contribution in [3.8, 4) is 0 Å². The van der Waals surface area contributed by atoms with Gasteiger partial charge in [-0.1, -0.05) is 26.2 Å². The van der Waals surface area contributed by atoms with E-state index in [0.717, 1.165) is 12.1 Å². The zero-order valence-corrected chi connectivity index (χ0v) is 11.6. The molecule has 1 N–H and O–H groups in total. The zero-order valence-electron chi connectivity index (χ0n) is 11.6. The standard InChI is InChI=1S/C15H30N2/c1-2-17(15-8-4-5-9-15)13-7-3-6-12-16-14-10-11-14/h14-16H,2-13H2,1H3. The lowest BCUT2D eigenvalue weighted by molar-refractivity contribution is 0.204. The van der Waals surface area contributed by atoms with Gasteiger partial charge in [0, 0.05) is 12.1 Å². The highest BCUT2D eigenvalue weighted by Crippen LogP contribution is 2.23. The third-order valence-corrected chi connectivity index (χ3v) is 4.38. The summed E-state index contributed by atoms with van der Waals surface area (Å²) >= 11 is 0. The fourth-order valence-electron chi connectivity index (χ4n) is 3.08. The Bertz CT molecular complexity index is 195. The number of nitrogens with zero attached hydrogens (tertiary/aromatic N) is 1. The van der Waals surface area contributed by atoms with Crippen molar-refractivity contribution in [1.82, 2.24) is 10.2 Å². The molecule has 2 nitrogen and oxygen atoms in total. The molecule has 0 saturated heterocycles. The van der Waals surface area contributed by atoms with Crippen LogP contribution in [0.1, 0.15) is 64.7 Å². The van der Waals surface area contributed by atoms with Gasteiger partial charge in [-0.05, 0) is 58.2 Å². The van der Waals surface area contributed by atoms with Gasteiger partial charge in [0.2, 0.25) is 0 Å². The van der Waals surface area contributed by atoms with E-state index in [1.54, 1.807) is 0 Å². The molecule has 100 valence electrons. The van der Waals surface area contributed by atoms with E-state index in [0.29, 0.717) is 0 Å². The monoisotopic (exact) mass is 238 g/mol. The Balaban J connectivity index is 1.46. The smallest absolute Gasteiger partial charge is 0.00951 e. The molecule has 0 unspecified atom stereocenters. The first kappa shape index (κ1) is 13.4. The first-order valence-corrected chi connectivity index (χ1v) is 7.87. The Morgan fingerprint density at radius 3 is 2.41 bits per heavy atom. The van der Waals surface area contributed by atoms with Gasteiger partial charge < -0.3 is 10.2 Å². The molecule has 17 heavy (non-hydrogen) atoms. The highest BCUT2D eigenvalue weighted by molar-refractivity contribution is 4.80. The van der Waals surface area contributed by atoms with E-state index in [1.807, 2.05) is 0 Å². The van der Waals surface area contributed by atoms with Crippen molar-refractivity contribution < 1.29 is 0 Å². The molecule has 2 aliphatic carbocycles. The molecule has 0 bridgehead atoms. The van der Waals surface area contributed by atoms with Crippen LogP contribution in [-0.4, -0.2) is 36.6 Å². The summed E-state index contributed by atoms with van der Waals surface area (Å²) in [5.74, 6) is 0. The van der Waals surface area contributed by atoms with Crippen LogP contribution < -0.4 is 5.32 Å². The van der Waals surface area contributed by atoms with Crippen LogP contribution in [0, 0.1) is 0 Å². The average molecular weight is 238 g/mol. The molecule has 0 aromatic carbocycles. The van der Waals surface area contributed by atoms with E-state index >= 15 is 0 Å². The molecule has 2 aliphatic rings. The molecular weight excluding hydrogens is 208 g/mol. The molecular formula is C15H30N2. The van der Waals surface area contributed by atoms with E-state index in [-0.39, 0.29) is 0 Å². The molecule has 0 atom stereocenters. The van der Waals surface area contributed by atoms with E-state index in [1.165, 1.54) is 77.4 Å². The molecule has 0 radical (unpaired) electrons. The minimum Gasteiger partial charge on any atom is -0.314 e. The number of nitrogens with one attached hydrogen (secondary N) is 1. The minimum atomic E-state index is 0.889. The van der Waals surface area contributed by atoms with Crippen molar-refractivity contribution in [2.45, 2.75) is 76.8 Å². The molecule has 0 heterocycles. The van der Waals surface area contributed by atoms with Crippen molar-refractivity contribution in [3.05, 3.63) is 0 Å². The maximum atomic E-state index is 3.60. The maximum Gasteiger partial charge on any atom is 0.00951 e. The molecule has 0 amide bonds. The van der Waals surface area contributed by atoms with Crippen LogP contribution in [-0.2, 0) is 0 Å². The number of hydrogen-bond acceptors (Lipinski definition) is 2. The summed E-state index contributed by atoms with van der Waals surface area (Å²) in [4.78, 5) is 2.72. The summed E-state index contributed by atoms with van der Waals surface area (Å²) in [6.07, 6.45) is 12.9. The Labute approximate surface area is 107 Å². The van der Waals surface area contributed by atoms with Crippen LogP contribution in [0.5, 0.6) is 0 Å². The first-order valence-electron chi connectivity index (χ1n) is 7.87. The second-order valence-electron chi connectivity index (χ2n) is 5.86. The van der Waals surface area contributed by atoms with E-state index in [4.69, 9.17) is 0 Å². The van der Waals surface area contributed by atoms with Crippen LogP contribution in [0.2, 0.25) is 0 Å². The zero-order chi connectivity index (χ0) is 11.9. The summed E-state index contributed by atoms with van der Waals surface area (Å²) < 4.78 is 0. The van der Waals surface area contributed by atoms with Gasteiger partial charge in [0.25, 0.3) is 0 Å². The Kier molecular flexibility index (Phi) is 5.79. The molecule has 2 rings (SSSR count). The van der Waals surface area contributed by atoms with Crippen LogP contribution in [0.4, 0.5) is 0 Å². The Morgan fingerprint density at radius 2 is 1.76 bits per heavy atom. The van der Waals surface area contributed by atoms with Gasteiger partial charge in [-0.15, -0.1) is 0 Å². The fraction of sp³-hybridized carbons (Fsp3) is 1.00. The molecule has 0 spiro atoms. The number of rotatable bonds is 9. The second-order valence-corrected chi connectivity index (χ2v) is 5.86. The third kappa shape index (κ3) is 4.97. The lowest BCUT2D eigenvalue weighted by Crippen LogP contribution is -2.33. The fourth-order valence-corrected chi connectivity index (χ4v) is 3.08. The molecule has 2 fully saturated rings. The van der Waals surface area contributed by atoms with Crippen molar-refractivity contribution in [1.29, 1.82) is 0 Å². The van der Waals surface area contributed by atoms with Crippen LogP contribution in [0.15, 0.2) is 0 Å². The summed E-state index contributed by atoms with van der Waals surface area (Å²) in [6.45, 7) is 6.17. The number of unbranched alkanes of at least 4 members (excludes halogenated alkanes) is 2.